The van der Waals surface area contributed by atoms with Crippen molar-refractivity contribution in [2.24, 2.45) is 0 Å². The SMILES string of the molecule is O=[N+]([O-])c1ccc(O[C@@H]2O[C@H](CO)[C@@H](O)[C@@H](O)[C@H]2O)c([N+](=O)[O-])c1. The third kappa shape index (κ3) is 3.42. The molecule has 0 bridgehead atoms. The molecule has 0 unspecified atom stereocenters. The lowest BCUT2D eigenvalue weighted by atomic mass is 9.99. The molecule has 1 aliphatic heterocycles. The first-order valence-electron chi connectivity index (χ1n) is 6.66. The lowest BCUT2D eigenvalue weighted by molar-refractivity contribution is -0.395. The number of hydrogen-bond acceptors (Lipinski definition) is 10. The summed E-state index contributed by atoms with van der Waals surface area (Å²) in [5.74, 6) is -0.449. The summed E-state index contributed by atoms with van der Waals surface area (Å²) in [7, 11) is 0. The molecule has 4 N–H and O–H groups in total. The Kier molecular flexibility index (Phi) is 5.26. The number of nitro groups is 2. The zero-order chi connectivity index (χ0) is 18.0. The molecule has 1 aliphatic rings. The number of rotatable bonds is 5. The van der Waals surface area contributed by atoms with Crippen molar-refractivity contribution in [2.45, 2.75) is 30.7 Å². The number of non-ortho nitro benzene ring substituents is 1. The molecular weight excluding hydrogens is 332 g/mol. The van der Waals surface area contributed by atoms with E-state index >= 15 is 0 Å². The van der Waals surface area contributed by atoms with Crippen LogP contribution in [0.15, 0.2) is 18.2 Å². The van der Waals surface area contributed by atoms with E-state index in [4.69, 9.17) is 14.6 Å². The number of ether oxygens (including phenoxy) is 2. The Morgan fingerprint density at radius 2 is 1.75 bits per heavy atom. The molecule has 1 saturated heterocycles. The van der Waals surface area contributed by atoms with Gasteiger partial charge in [-0.2, -0.15) is 0 Å². The normalized spacial score (nSPS) is 29.9. The summed E-state index contributed by atoms with van der Waals surface area (Å²) in [6.45, 7) is -0.701. The van der Waals surface area contributed by atoms with Crippen LogP contribution in [0, 0.1) is 20.2 Å². The fourth-order valence-electron chi connectivity index (χ4n) is 2.15. The lowest BCUT2D eigenvalue weighted by Gasteiger charge is -2.39. The molecule has 24 heavy (non-hydrogen) atoms. The number of nitro benzene ring substituents is 2. The van der Waals surface area contributed by atoms with Crippen LogP contribution in [0.4, 0.5) is 11.4 Å². The highest BCUT2D eigenvalue weighted by Gasteiger charge is 2.45. The topological polar surface area (TPSA) is 186 Å². The van der Waals surface area contributed by atoms with Crippen LogP contribution < -0.4 is 4.74 Å². The Morgan fingerprint density at radius 3 is 2.29 bits per heavy atom. The van der Waals surface area contributed by atoms with Crippen molar-refractivity contribution >= 4 is 11.4 Å². The summed E-state index contributed by atoms with van der Waals surface area (Å²) in [5.41, 5.74) is -1.29. The average Bonchev–Trinajstić information content (AvgIpc) is 2.55. The van der Waals surface area contributed by atoms with Gasteiger partial charge in [-0.15, -0.1) is 0 Å². The van der Waals surface area contributed by atoms with E-state index in [1.807, 2.05) is 0 Å². The summed E-state index contributed by atoms with van der Waals surface area (Å²) in [6.07, 6.45) is -8.00. The average molecular weight is 346 g/mol. The number of aliphatic hydroxyl groups excluding tert-OH is 4. The van der Waals surface area contributed by atoms with Crippen molar-refractivity contribution < 1.29 is 39.7 Å². The minimum Gasteiger partial charge on any atom is -0.455 e. The first-order valence-corrected chi connectivity index (χ1v) is 6.66. The van der Waals surface area contributed by atoms with Crippen molar-refractivity contribution in [2.75, 3.05) is 6.61 Å². The van der Waals surface area contributed by atoms with E-state index in [-0.39, 0.29) is 0 Å². The third-order valence-electron chi connectivity index (χ3n) is 3.44. The van der Waals surface area contributed by atoms with Gasteiger partial charge in [0.15, 0.2) is 0 Å². The molecule has 0 saturated carbocycles. The molecule has 0 aliphatic carbocycles. The number of benzene rings is 1. The van der Waals surface area contributed by atoms with Gasteiger partial charge in [-0.3, -0.25) is 20.2 Å². The van der Waals surface area contributed by atoms with Crippen molar-refractivity contribution in [1.29, 1.82) is 0 Å². The predicted molar refractivity (Wildman–Crippen MR) is 74.1 cm³/mol. The van der Waals surface area contributed by atoms with E-state index in [1.165, 1.54) is 0 Å². The van der Waals surface area contributed by atoms with Gasteiger partial charge in [-0.05, 0) is 6.07 Å². The van der Waals surface area contributed by atoms with Crippen molar-refractivity contribution in [1.82, 2.24) is 0 Å². The zero-order valence-corrected chi connectivity index (χ0v) is 12.0. The summed E-state index contributed by atoms with van der Waals surface area (Å²) >= 11 is 0. The molecule has 1 heterocycles. The van der Waals surface area contributed by atoms with E-state index in [0.29, 0.717) is 6.07 Å². The van der Waals surface area contributed by atoms with Gasteiger partial charge in [0.05, 0.1) is 22.5 Å². The van der Waals surface area contributed by atoms with Gasteiger partial charge < -0.3 is 29.9 Å². The second-order valence-corrected chi connectivity index (χ2v) is 4.98. The first kappa shape index (κ1) is 18.0. The molecule has 0 amide bonds. The molecular formula is C12H14N2O10. The third-order valence-corrected chi connectivity index (χ3v) is 3.44. The molecule has 132 valence electrons. The maximum absolute atomic E-state index is 11.0. The minimum atomic E-state index is -1.77. The van der Waals surface area contributed by atoms with Crippen LogP contribution in [0.3, 0.4) is 0 Å². The molecule has 0 radical (unpaired) electrons. The van der Waals surface area contributed by atoms with Gasteiger partial charge in [-0.25, -0.2) is 0 Å². The lowest BCUT2D eigenvalue weighted by Crippen LogP contribution is -2.60. The highest BCUT2D eigenvalue weighted by atomic mass is 16.7. The Morgan fingerprint density at radius 1 is 1.08 bits per heavy atom. The van der Waals surface area contributed by atoms with E-state index in [1.54, 1.807) is 0 Å². The van der Waals surface area contributed by atoms with Gasteiger partial charge in [0.1, 0.15) is 24.4 Å². The van der Waals surface area contributed by atoms with Crippen molar-refractivity contribution in [3.63, 3.8) is 0 Å². The number of aliphatic hydroxyl groups is 4. The molecule has 1 aromatic rings. The first-order chi connectivity index (χ1) is 11.3. The second-order valence-electron chi connectivity index (χ2n) is 4.98. The van der Waals surface area contributed by atoms with E-state index in [2.05, 4.69) is 0 Å². The van der Waals surface area contributed by atoms with E-state index < -0.39 is 64.3 Å². The molecule has 1 fully saturated rings. The van der Waals surface area contributed by atoms with Gasteiger partial charge in [-0.1, -0.05) is 0 Å². The molecule has 12 nitrogen and oxygen atoms in total. The largest absolute Gasteiger partial charge is 0.455 e. The van der Waals surface area contributed by atoms with Crippen LogP contribution in [-0.2, 0) is 4.74 Å². The fraction of sp³-hybridized carbons (Fsp3) is 0.500. The van der Waals surface area contributed by atoms with Gasteiger partial charge in [0.25, 0.3) is 5.69 Å². The van der Waals surface area contributed by atoms with Crippen LogP contribution in [0.1, 0.15) is 0 Å². The summed E-state index contributed by atoms with van der Waals surface area (Å²) in [4.78, 5) is 20.0. The van der Waals surface area contributed by atoms with E-state index in [0.717, 1.165) is 12.1 Å². The summed E-state index contributed by atoms with van der Waals surface area (Å²) in [6, 6.07) is 2.56. The number of hydrogen-bond donors (Lipinski definition) is 4. The van der Waals surface area contributed by atoms with Crippen LogP contribution in [-0.4, -0.2) is 67.6 Å². The predicted octanol–water partition coefficient (Wildman–Crippen LogP) is -1.32. The smallest absolute Gasteiger partial charge is 0.317 e. The molecule has 0 spiro atoms. The van der Waals surface area contributed by atoms with Crippen molar-refractivity contribution in [3.05, 3.63) is 38.4 Å². The monoisotopic (exact) mass is 346 g/mol. The zero-order valence-electron chi connectivity index (χ0n) is 12.0. The van der Waals surface area contributed by atoms with Crippen molar-refractivity contribution in [3.8, 4) is 5.75 Å². The Hall–Kier alpha value is -2.38. The molecule has 2 rings (SSSR count). The van der Waals surface area contributed by atoms with Crippen LogP contribution in [0.25, 0.3) is 0 Å². The van der Waals surface area contributed by atoms with Crippen LogP contribution in [0.5, 0.6) is 5.75 Å². The Balaban J connectivity index is 2.29. The van der Waals surface area contributed by atoms with Crippen LogP contribution in [0.2, 0.25) is 0 Å². The minimum absolute atomic E-state index is 0.449. The highest BCUT2D eigenvalue weighted by molar-refractivity contribution is 5.53. The highest BCUT2D eigenvalue weighted by Crippen LogP contribution is 2.33. The molecule has 1 aromatic carbocycles. The summed E-state index contributed by atoms with van der Waals surface area (Å²) in [5, 5.41) is 59.9. The molecule has 5 atom stereocenters. The van der Waals surface area contributed by atoms with Gasteiger partial charge in [0.2, 0.25) is 12.0 Å². The van der Waals surface area contributed by atoms with Gasteiger partial charge in [0, 0.05) is 6.07 Å². The quantitative estimate of drug-likeness (QED) is 0.368. The second kappa shape index (κ2) is 7.02. The van der Waals surface area contributed by atoms with Crippen LogP contribution >= 0.6 is 0 Å². The molecule has 12 heteroatoms. The standard InChI is InChI=1S/C12H14N2O10/c15-4-8-9(16)10(17)11(18)12(24-8)23-7-2-1-5(13(19)20)3-6(7)14(21)22/h1-3,8-12,15-18H,4H2/t8-,9-,10-,11-,12-/m1/s1. The van der Waals surface area contributed by atoms with E-state index in [9.17, 15) is 35.5 Å². The number of nitrogens with zero attached hydrogens (tertiary/aromatic N) is 2. The Bertz CT molecular complexity index is 636. The van der Waals surface area contributed by atoms with Gasteiger partial charge >= 0.3 is 5.69 Å². The maximum atomic E-state index is 11.0. The summed E-state index contributed by atoms with van der Waals surface area (Å²) < 4.78 is 10.2. The Labute approximate surface area is 133 Å². The fourth-order valence-corrected chi connectivity index (χ4v) is 2.15. The maximum Gasteiger partial charge on any atom is 0.317 e. The molecule has 0 aromatic heterocycles.